The molecule has 5 atom stereocenters. The van der Waals surface area contributed by atoms with E-state index in [0.717, 1.165) is 12.5 Å². The molecule has 1 aliphatic heterocycles. The molecule has 2 saturated carbocycles. The Balaban J connectivity index is 1.94. The normalized spacial score (nSPS) is 49.2. The highest BCUT2D eigenvalue weighted by atomic mass is 32.2. The highest BCUT2D eigenvalue weighted by molar-refractivity contribution is 7.87. The van der Waals surface area contributed by atoms with Gasteiger partial charge in [0.05, 0.1) is 5.25 Å². The molecule has 0 aromatic rings. The van der Waals surface area contributed by atoms with E-state index in [9.17, 15) is 13.2 Å². The maximum absolute atomic E-state index is 11.7. The first-order chi connectivity index (χ1) is 7.87. The molecule has 0 amide bonds. The van der Waals surface area contributed by atoms with Crippen LogP contribution < -0.4 is 0 Å². The van der Waals surface area contributed by atoms with E-state index in [0.29, 0.717) is 6.42 Å². The number of hydrogen-bond acceptors (Lipinski definition) is 5. The number of fused-ring (bicyclic) bond motifs is 1. The van der Waals surface area contributed by atoms with Crippen molar-refractivity contribution in [3.63, 3.8) is 0 Å². The fraction of sp³-hybridized carbons (Fsp3) is 0.727. The van der Waals surface area contributed by atoms with Gasteiger partial charge in [-0.2, -0.15) is 8.42 Å². The van der Waals surface area contributed by atoms with Crippen LogP contribution in [0.4, 0.5) is 0 Å². The topological polar surface area (TPSA) is 69.7 Å². The molecule has 94 valence electrons. The summed E-state index contributed by atoms with van der Waals surface area (Å²) >= 11 is 0. The first-order valence-electron chi connectivity index (χ1n) is 5.62. The van der Waals surface area contributed by atoms with Gasteiger partial charge in [0.1, 0.15) is 12.2 Å². The van der Waals surface area contributed by atoms with Crippen LogP contribution in [0.1, 0.15) is 19.8 Å². The molecule has 3 fully saturated rings. The SMILES string of the molecule is C=CC(=O)OC1C2OS(=O)(=O)C3CC1(C)CC23. The van der Waals surface area contributed by atoms with Crippen molar-refractivity contribution in [2.24, 2.45) is 11.3 Å². The summed E-state index contributed by atoms with van der Waals surface area (Å²) < 4.78 is 33.9. The minimum Gasteiger partial charge on any atom is -0.456 e. The summed E-state index contributed by atoms with van der Waals surface area (Å²) in [5.74, 6) is -0.541. The first-order valence-corrected chi connectivity index (χ1v) is 7.10. The number of esters is 1. The molecule has 1 saturated heterocycles. The monoisotopic (exact) mass is 258 g/mol. The van der Waals surface area contributed by atoms with E-state index in [1.807, 2.05) is 6.92 Å². The van der Waals surface area contributed by atoms with Crippen molar-refractivity contribution in [2.75, 3.05) is 0 Å². The number of hydrogen-bond donors (Lipinski definition) is 0. The predicted octanol–water partition coefficient (Wildman–Crippen LogP) is 0.611. The number of ether oxygens (including phenoxy) is 1. The highest BCUT2D eigenvalue weighted by Crippen LogP contribution is 2.62. The van der Waals surface area contributed by atoms with Crippen LogP contribution in [0.25, 0.3) is 0 Å². The van der Waals surface area contributed by atoms with Gasteiger partial charge in [-0.1, -0.05) is 13.5 Å². The predicted molar refractivity (Wildman–Crippen MR) is 58.5 cm³/mol. The fourth-order valence-corrected chi connectivity index (χ4v) is 5.55. The van der Waals surface area contributed by atoms with E-state index in [4.69, 9.17) is 8.92 Å². The van der Waals surface area contributed by atoms with Gasteiger partial charge in [0.15, 0.2) is 0 Å². The quantitative estimate of drug-likeness (QED) is 0.412. The molecule has 6 heteroatoms. The average molecular weight is 258 g/mol. The van der Waals surface area contributed by atoms with Crippen LogP contribution in [0.3, 0.4) is 0 Å². The molecule has 3 aliphatic rings. The molecule has 0 radical (unpaired) electrons. The smallest absolute Gasteiger partial charge is 0.330 e. The molecule has 5 nitrogen and oxygen atoms in total. The molecule has 5 unspecified atom stereocenters. The Hall–Kier alpha value is -0.880. The lowest BCUT2D eigenvalue weighted by molar-refractivity contribution is -0.154. The second-order valence-corrected chi connectivity index (χ2v) is 7.16. The molecule has 0 aromatic carbocycles. The molecule has 2 bridgehead atoms. The summed E-state index contributed by atoms with van der Waals surface area (Å²) in [6.45, 7) is 5.31. The van der Waals surface area contributed by atoms with Crippen LogP contribution in [0, 0.1) is 11.3 Å². The van der Waals surface area contributed by atoms with Crippen LogP contribution >= 0.6 is 0 Å². The maximum Gasteiger partial charge on any atom is 0.330 e. The van der Waals surface area contributed by atoms with E-state index in [-0.39, 0.29) is 11.3 Å². The molecular formula is C11H14O5S. The lowest BCUT2D eigenvalue weighted by Crippen LogP contribution is -2.42. The fourth-order valence-electron chi connectivity index (χ4n) is 3.59. The average Bonchev–Trinajstić information content (AvgIpc) is 2.77. The summed E-state index contributed by atoms with van der Waals surface area (Å²) in [5, 5.41) is -0.406. The lowest BCUT2D eigenvalue weighted by atomic mass is 9.82. The summed E-state index contributed by atoms with van der Waals surface area (Å²) in [5.41, 5.74) is -0.276. The number of carbonyl (C=O) groups excluding carboxylic acids is 1. The second-order valence-electron chi connectivity index (χ2n) is 5.38. The summed E-state index contributed by atoms with van der Waals surface area (Å²) in [7, 11) is -3.46. The molecule has 2 aliphatic carbocycles. The van der Waals surface area contributed by atoms with Crippen LogP contribution in [0.5, 0.6) is 0 Å². The van der Waals surface area contributed by atoms with Crippen molar-refractivity contribution in [3.05, 3.63) is 12.7 Å². The van der Waals surface area contributed by atoms with Gasteiger partial charge in [-0.3, -0.25) is 4.18 Å². The maximum atomic E-state index is 11.7. The van der Waals surface area contributed by atoms with E-state index in [1.54, 1.807) is 0 Å². The Morgan fingerprint density at radius 1 is 1.53 bits per heavy atom. The Morgan fingerprint density at radius 2 is 2.24 bits per heavy atom. The Morgan fingerprint density at radius 3 is 2.88 bits per heavy atom. The summed E-state index contributed by atoms with van der Waals surface area (Å²) in [4.78, 5) is 11.3. The highest BCUT2D eigenvalue weighted by Gasteiger charge is 2.70. The second kappa shape index (κ2) is 3.11. The van der Waals surface area contributed by atoms with Crippen molar-refractivity contribution in [1.29, 1.82) is 0 Å². The van der Waals surface area contributed by atoms with Crippen molar-refractivity contribution in [2.45, 2.75) is 37.2 Å². The van der Waals surface area contributed by atoms with Crippen molar-refractivity contribution < 1.29 is 22.1 Å². The molecule has 0 aromatic heterocycles. The van der Waals surface area contributed by atoms with Gasteiger partial charge < -0.3 is 4.74 Å². The zero-order valence-electron chi connectivity index (χ0n) is 9.46. The van der Waals surface area contributed by atoms with Gasteiger partial charge in [-0.15, -0.1) is 0 Å². The van der Waals surface area contributed by atoms with E-state index >= 15 is 0 Å². The Bertz CT molecular complexity index is 496. The van der Waals surface area contributed by atoms with Gasteiger partial charge in [-0.25, -0.2) is 4.79 Å². The standard InChI is InChI=1S/C11H14O5S/c1-3-8(12)15-10-9-6-4-11(10,2)5-7(6)17(13,14)16-9/h3,6-7,9-10H,1,4-5H2,2H3. The van der Waals surface area contributed by atoms with Crippen molar-refractivity contribution in [3.8, 4) is 0 Å². The molecule has 3 rings (SSSR count). The third kappa shape index (κ3) is 1.34. The lowest BCUT2D eigenvalue weighted by Gasteiger charge is -2.32. The van der Waals surface area contributed by atoms with Gasteiger partial charge in [-0.05, 0) is 12.8 Å². The van der Waals surface area contributed by atoms with Crippen molar-refractivity contribution in [1.82, 2.24) is 0 Å². The largest absolute Gasteiger partial charge is 0.456 e. The van der Waals surface area contributed by atoms with Gasteiger partial charge in [0.2, 0.25) is 0 Å². The van der Waals surface area contributed by atoms with Gasteiger partial charge >= 0.3 is 5.97 Å². The summed E-state index contributed by atoms with van der Waals surface area (Å²) in [6, 6.07) is 0. The van der Waals surface area contributed by atoms with Gasteiger partial charge in [0, 0.05) is 17.4 Å². The Labute approximate surface area is 99.9 Å². The Kier molecular flexibility index (Phi) is 2.06. The van der Waals surface area contributed by atoms with E-state index < -0.39 is 33.5 Å². The molecule has 17 heavy (non-hydrogen) atoms. The number of rotatable bonds is 2. The first kappa shape index (κ1) is 11.2. The third-order valence-corrected chi connectivity index (χ3v) is 6.03. The molecule has 1 heterocycles. The third-order valence-electron chi connectivity index (χ3n) is 4.28. The van der Waals surface area contributed by atoms with Gasteiger partial charge in [0.25, 0.3) is 10.1 Å². The van der Waals surface area contributed by atoms with Crippen LogP contribution in [-0.4, -0.2) is 31.8 Å². The van der Waals surface area contributed by atoms with E-state index in [2.05, 4.69) is 6.58 Å². The zero-order valence-corrected chi connectivity index (χ0v) is 10.3. The van der Waals surface area contributed by atoms with Crippen molar-refractivity contribution >= 4 is 16.1 Å². The zero-order chi connectivity index (χ0) is 12.4. The molecule has 0 N–H and O–H groups in total. The molecular weight excluding hydrogens is 244 g/mol. The van der Waals surface area contributed by atoms with Crippen LogP contribution in [0.15, 0.2) is 12.7 Å². The number of carbonyl (C=O) groups is 1. The minimum atomic E-state index is -3.46. The van der Waals surface area contributed by atoms with Crippen LogP contribution in [-0.2, 0) is 23.8 Å². The van der Waals surface area contributed by atoms with E-state index in [1.165, 1.54) is 0 Å². The van der Waals surface area contributed by atoms with Crippen LogP contribution in [0.2, 0.25) is 0 Å². The summed E-state index contributed by atoms with van der Waals surface area (Å²) in [6.07, 6.45) is 1.40. The molecule has 0 spiro atoms. The minimum absolute atomic E-state index is 0.0207.